The van der Waals surface area contributed by atoms with Crippen LogP contribution in [0.15, 0.2) is 77.1 Å². The number of methoxy groups -OCH3 is 2. The maximum Gasteiger partial charge on any atom is 0.338 e. The Labute approximate surface area is 207 Å². The molecule has 2 aliphatic heterocycles. The van der Waals surface area contributed by atoms with Gasteiger partial charge < -0.3 is 9.47 Å². The Bertz CT molecular complexity index is 1350. The molecule has 2 aliphatic rings. The summed E-state index contributed by atoms with van der Waals surface area (Å²) in [5, 5.41) is 5.49. The van der Waals surface area contributed by atoms with Crippen molar-refractivity contribution in [2.75, 3.05) is 20.0 Å². The Morgan fingerprint density at radius 2 is 1.83 bits per heavy atom. The van der Waals surface area contributed by atoms with Crippen LogP contribution >= 0.6 is 11.8 Å². The summed E-state index contributed by atoms with van der Waals surface area (Å²) in [5.41, 5.74) is 3.91. The van der Waals surface area contributed by atoms with E-state index in [4.69, 9.17) is 14.6 Å². The third kappa shape index (κ3) is 4.12. The number of ether oxygens (including phenoxy) is 2. The summed E-state index contributed by atoms with van der Waals surface area (Å²) in [4.78, 5) is 32.4. The van der Waals surface area contributed by atoms with E-state index in [0.29, 0.717) is 39.9 Å². The zero-order chi connectivity index (χ0) is 24.5. The fourth-order valence-electron chi connectivity index (χ4n) is 4.34. The molecule has 178 valence electrons. The zero-order valence-corrected chi connectivity index (χ0v) is 20.4. The van der Waals surface area contributed by atoms with Gasteiger partial charge in [-0.25, -0.2) is 14.5 Å². The topological polar surface area (TPSA) is 86.0 Å². The van der Waals surface area contributed by atoms with E-state index in [2.05, 4.69) is 4.99 Å². The van der Waals surface area contributed by atoms with Gasteiger partial charge in [-0.05, 0) is 43.3 Å². The first-order valence-electron chi connectivity index (χ1n) is 11.1. The van der Waals surface area contributed by atoms with Gasteiger partial charge in [0.25, 0.3) is 0 Å². The molecule has 0 N–H and O–H groups in total. The Morgan fingerprint density at radius 1 is 1.09 bits per heavy atom. The summed E-state index contributed by atoms with van der Waals surface area (Å²) in [6.45, 7) is 1.78. The molecule has 0 radical (unpaired) electrons. The summed E-state index contributed by atoms with van der Waals surface area (Å²) in [7, 11) is 2.95. The molecular formula is C26H24N4O4S. The molecule has 5 rings (SSSR count). The number of hydrogen-bond acceptors (Lipinski definition) is 7. The van der Waals surface area contributed by atoms with Gasteiger partial charge in [0.2, 0.25) is 5.91 Å². The van der Waals surface area contributed by atoms with Crippen LogP contribution in [0.5, 0.6) is 5.75 Å². The fraction of sp³-hybridized carbons (Fsp3) is 0.231. The number of fused-ring (bicyclic) bond motifs is 1. The van der Waals surface area contributed by atoms with Crippen molar-refractivity contribution in [3.8, 4) is 22.7 Å². The molecule has 0 saturated carbocycles. The number of benzene rings is 2. The molecule has 1 atom stereocenters. The number of nitrogens with zero attached hydrogens (tertiary/aromatic N) is 4. The van der Waals surface area contributed by atoms with Crippen LogP contribution in [0.25, 0.3) is 16.9 Å². The number of para-hydroxylation sites is 1. The van der Waals surface area contributed by atoms with Crippen molar-refractivity contribution < 1.29 is 19.1 Å². The van der Waals surface area contributed by atoms with E-state index >= 15 is 0 Å². The first-order chi connectivity index (χ1) is 17.0. The number of aliphatic imine (C=N–C) groups is 1. The summed E-state index contributed by atoms with van der Waals surface area (Å²) in [6.07, 6.45) is 2.24. The molecule has 2 aromatic carbocycles. The highest BCUT2D eigenvalue weighted by Gasteiger charge is 2.43. The summed E-state index contributed by atoms with van der Waals surface area (Å²) < 4.78 is 12.2. The molecule has 0 bridgehead atoms. The van der Waals surface area contributed by atoms with E-state index in [-0.39, 0.29) is 5.91 Å². The number of hydrogen-bond donors (Lipinski definition) is 0. The van der Waals surface area contributed by atoms with Crippen LogP contribution in [0.3, 0.4) is 0 Å². The average Bonchev–Trinajstić information content (AvgIpc) is 3.33. The van der Waals surface area contributed by atoms with Gasteiger partial charge in [-0.3, -0.25) is 9.69 Å². The predicted molar refractivity (Wildman–Crippen MR) is 134 cm³/mol. The normalized spacial score (nSPS) is 17.7. The summed E-state index contributed by atoms with van der Waals surface area (Å²) in [6, 6.07) is 16.5. The Hall–Kier alpha value is -3.85. The van der Waals surface area contributed by atoms with Crippen molar-refractivity contribution in [2.24, 2.45) is 4.99 Å². The smallest absolute Gasteiger partial charge is 0.338 e. The lowest BCUT2D eigenvalue weighted by Gasteiger charge is -2.38. The number of rotatable bonds is 5. The molecule has 3 aromatic rings. The molecule has 1 aromatic heterocycles. The van der Waals surface area contributed by atoms with Gasteiger partial charge >= 0.3 is 5.97 Å². The lowest BCUT2D eigenvalue weighted by atomic mass is 9.92. The standard InChI is InChI=1S/C26H24N4O4S/c1-16-22(25(32)34-3)24(30-21(31)13-14-35-26(30)27-16)20-15-29(18-7-5-4-6-8-18)28-23(20)17-9-11-19(33-2)12-10-17/h4-12,15,24H,13-14H2,1-3H3/t24-/m0/s1. The van der Waals surface area contributed by atoms with Crippen molar-refractivity contribution in [2.45, 2.75) is 19.4 Å². The maximum absolute atomic E-state index is 13.2. The molecule has 1 saturated heterocycles. The Balaban J connectivity index is 1.75. The molecule has 35 heavy (non-hydrogen) atoms. The largest absolute Gasteiger partial charge is 0.497 e. The number of thioether (sulfide) groups is 1. The molecule has 0 aliphatic carbocycles. The molecule has 1 amide bonds. The Morgan fingerprint density at radius 3 is 2.51 bits per heavy atom. The number of carbonyl (C=O) groups excluding carboxylic acids is 2. The second-order valence-corrected chi connectivity index (χ2v) is 9.15. The molecule has 8 nitrogen and oxygen atoms in total. The van der Waals surface area contributed by atoms with Crippen LogP contribution in [-0.4, -0.2) is 51.7 Å². The van der Waals surface area contributed by atoms with Gasteiger partial charge in [0.1, 0.15) is 11.8 Å². The van der Waals surface area contributed by atoms with Crippen molar-refractivity contribution >= 4 is 28.8 Å². The van der Waals surface area contributed by atoms with Gasteiger partial charge in [-0.15, -0.1) is 0 Å². The number of carbonyl (C=O) groups is 2. The third-order valence-electron chi connectivity index (χ3n) is 6.03. The number of allylic oxidation sites excluding steroid dienone is 1. The van der Waals surface area contributed by atoms with Crippen molar-refractivity contribution in [1.29, 1.82) is 0 Å². The maximum atomic E-state index is 13.2. The lowest BCUT2D eigenvalue weighted by molar-refractivity contribution is -0.137. The van der Waals surface area contributed by atoms with Gasteiger partial charge in [-0.1, -0.05) is 30.0 Å². The van der Waals surface area contributed by atoms with Crippen LogP contribution in [0.1, 0.15) is 24.9 Å². The minimum absolute atomic E-state index is 0.0884. The fourth-order valence-corrected chi connectivity index (χ4v) is 5.34. The first kappa shape index (κ1) is 22.9. The molecule has 0 unspecified atom stereocenters. The first-order valence-corrected chi connectivity index (χ1v) is 12.1. The predicted octanol–water partition coefficient (Wildman–Crippen LogP) is 4.37. The minimum Gasteiger partial charge on any atom is -0.497 e. The van der Waals surface area contributed by atoms with Gasteiger partial charge in [0.05, 0.1) is 36.9 Å². The Kier molecular flexibility index (Phi) is 6.17. The summed E-state index contributed by atoms with van der Waals surface area (Å²) >= 11 is 1.51. The van der Waals surface area contributed by atoms with Gasteiger partial charge in [0.15, 0.2) is 5.17 Å². The quantitative estimate of drug-likeness (QED) is 0.496. The number of esters is 1. The van der Waals surface area contributed by atoms with E-state index in [0.717, 1.165) is 17.0 Å². The molecule has 0 spiro atoms. The van der Waals surface area contributed by atoms with Crippen LogP contribution in [0.2, 0.25) is 0 Å². The molecule has 3 heterocycles. The number of amides is 1. The number of amidine groups is 1. The number of aromatic nitrogens is 2. The zero-order valence-electron chi connectivity index (χ0n) is 19.6. The van der Waals surface area contributed by atoms with E-state index < -0.39 is 12.0 Å². The summed E-state index contributed by atoms with van der Waals surface area (Å²) in [5.74, 6) is 0.760. The van der Waals surface area contributed by atoms with Crippen LogP contribution in [0, 0.1) is 0 Å². The third-order valence-corrected chi connectivity index (χ3v) is 6.99. The minimum atomic E-state index is -0.718. The van der Waals surface area contributed by atoms with Crippen LogP contribution < -0.4 is 4.74 Å². The van der Waals surface area contributed by atoms with Crippen LogP contribution in [0.4, 0.5) is 0 Å². The van der Waals surface area contributed by atoms with E-state index in [1.807, 2.05) is 60.8 Å². The van der Waals surface area contributed by atoms with E-state index in [1.54, 1.807) is 23.6 Å². The van der Waals surface area contributed by atoms with Crippen molar-refractivity contribution in [3.05, 3.63) is 77.6 Å². The second-order valence-electron chi connectivity index (χ2n) is 8.09. The lowest BCUT2D eigenvalue weighted by Crippen LogP contribution is -2.45. The van der Waals surface area contributed by atoms with Gasteiger partial charge in [-0.2, -0.15) is 5.10 Å². The SMILES string of the molecule is COC(=O)C1=C(C)N=C2SCCC(=O)N2[C@H]1c1cn(-c2ccccc2)nc1-c1ccc(OC)cc1. The van der Waals surface area contributed by atoms with E-state index in [1.165, 1.54) is 18.9 Å². The highest BCUT2D eigenvalue weighted by Crippen LogP contribution is 2.43. The van der Waals surface area contributed by atoms with Crippen molar-refractivity contribution in [1.82, 2.24) is 14.7 Å². The van der Waals surface area contributed by atoms with Gasteiger partial charge in [0, 0.05) is 29.5 Å². The van der Waals surface area contributed by atoms with Crippen molar-refractivity contribution in [3.63, 3.8) is 0 Å². The monoisotopic (exact) mass is 488 g/mol. The highest BCUT2D eigenvalue weighted by atomic mass is 32.2. The highest BCUT2D eigenvalue weighted by molar-refractivity contribution is 8.14. The van der Waals surface area contributed by atoms with E-state index in [9.17, 15) is 9.59 Å². The average molecular weight is 489 g/mol. The van der Waals surface area contributed by atoms with Crippen LogP contribution in [-0.2, 0) is 14.3 Å². The molecular weight excluding hydrogens is 464 g/mol. The molecule has 9 heteroatoms. The molecule has 1 fully saturated rings. The second kappa shape index (κ2) is 9.42.